The second kappa shape index (κ2) is 6.33. The van der Waals surface area contributed by atoms with E-state index in [1.54, 1.807) is 49.7 Å². The molecule has 0 saturated heterocycles. The first kappa shape index (κ1) is 13.5. The van der Waals surface area contributed by atoms with Gasteiger partial charge in [-0.05, 0) is 36.4 Å². The lowest BCUT2D eigenvalue weighted by Gasteiger charge is -2.06. The van der Waals surface area contributed by atoms with Gasteiger partial charge in [0.15, 0.2) is 0 Å². The second-order valence-electron chi connectivity index (χ2n) is 3.88. The SMILES string of the molecule is COc1ccc(NC(=O)C(=O)Nc2cccnc2)cc1. The number of methoxy groups -OCH3 is 1. The summed E-state index contributed by atoms with van der Waals surface area (Å²) >= 11 is 0. The molecule has 1 heterocycles. The summed E-state index contributed by atoms with van der Waals surface area (Å²) in [5.41, 5.74) is 0.972. The standard InChI is InChI=1S/C14H13N3O3/c1-20-12-6-4-10(5-7-12)16-13(18)14(19)17-11-3-2-8-15-9-11/h2-9H,1H3,(H,16,18)(H,17,19). The van der Waals surface area contributed by atoms with Crippen molar-refractivity contribution in [3.8, 4) is 5.75 Å². The number of rotatable bonds is 3. The Balaban J connectivity index is 1.95. The highest BCUT2D eigenvalue weighted by molar-refractivity contribution is 6.43. The van der Waals surface area contributed by atoms with Crippen LogP contribution in [0.25, 0.3) is 0 Å². The van der Waals surface area contributed by atoms with Crippen LogP contribution in [0.2, 0.25) is 0 Å². The smallest absolute Gasteiger partial charge is 0.314 e. The molecule has 1 aromatic carbocycles. The van der Waals surface area contributed by atoms with E-state index < -0.39 is 11.8 Å². The molecular weight excluding hydrogens is 258 g/mol. The number of nitrogens with zero attached hydrogens (tertiary/aromatic N) is 1. The Kier molecular flexibility index (Phi) is 4.28. The zero-order chi connectivity index (χ0) is 14.4. The van der Waals surface area contributed by atoms with Gasteiger partial charge in [0.1, 0.15) is 5.75 Å². The Morgan fingerprint density at radius 1 is 1.00 bits per heavy atom. The van der Waals surface area contributed by atoms with Gasteiger partial charge in [0, 0.05) is 11.9 Å². The molecule has 2 aromatic rings. The molecule has 0 aliphatic heterocycles. The molecule has 2 N–H and O–H groups in total. The van der Waals surface area contributed by atoms with E-state index in [4.69, 9.17) is 4.74 Å². The first-order valence-corrected chi connectivity index (χ1v) is 5.85. The van der Waals surface area contributed by atoms with Crippen LogP contribution in [0.1, 0.15) is 0 Å². The molecule has 0 spiro atoms. The third-order valence-electron chi connectivity index (χ3n) is 2.47. The molecule has 6 heteroatoms. The van der Waals surface area contributed by atoms with Crippen molar-refractivity contribution in [2.75, 3.05) is 17.7 Å². The number of aromatic nitrogens is 1. The summed E-state index contributed by atoms with van der Waals surface area (Å²) in [6, 6.07) is 9.98. The summed E-state index contributed by atoms with van der Waals surface area (Å²) in [4.78, 5) is 27.2. The number of carbonyl (C=O) groups excluding carboxylic acids is 2. The van der Waals surface area contributed by atoms with Crippen LogP contribution in [-0.4, -0.2) is 23.9 Å². The summed E-state index contributed by atoms with van der Waals surface area (Å²) < 4.78 is 5.00. The van der Waals surface area contributed by atoms with Gasteiger partial charge in [-0.15, -0.1) is 0 Å². The quantitative estimate of drug-likeness (QED) is 0.832. The predicted octanol–water partition coefficient (Wildman–Crippen LogP) is 1.67. The first-order valence-electron chi connectivity index (χ1n) is 5.85. The van der Waals surface area contributed by atoms with Crippen molar-refractivity contribution in [3.05, 3.63) is 48.8 Å². The average molecular weight is 271 g/mol. The Labute approximate surface area is 115 Å². The van der Waals surface area contributed by atoms with E-state index >= 15 is 0 Å². The number of hydrogen-bond acceptors (Lipinski definition) is 4. The molecule has 0 saturated carbocycles. The number of benzene rings is 1. The second-order valence-corrected chi connectivity index (χ2v) is 3.88. The van der Waals surface area contributed by atoms with Gasteiger partial charge >= 0.3 is 11.8 Å². The van der Waals surface area contributed by atoms with Crippen LogP contribution < -0.4 is 15.4 Å². The molecule has 1 aromatic heterocycles. The van der Waals surface area contributed by atoms with Crippen LogP contribution in [0, 0.1) is 0 Å². The molecule has 0 radical (unpaired) electrons. The number of pyridine rings is 1. The molecule has 2 rings (SSSR count). The number of nitrogens with one attached hydrogen (secondary N) is 2. The van der Waals surface area contributed by atoms with Crippen molar-refractivity contribution in [1.82, 2.24) is 4.98 Å². The molecular formula is C14H13N3O3. The number of carbonyl (C=O) groups is 2. The van der Waals surface area contributed by atoms with Crippen molar-refractivity contribution in [3.63, 3.8) is 0 Å². The van der Waals surface area contributed by atoms with Crippen LogP contribution in [0.15, 0.2) is 48.8 Å². The predicted molar refractivity (Wildman–Crippen MR) is 74.5 cm³/mol. The first-order chi connectivity index (χ1) is 9.69. The summed E-state index contributed by atoms with van der Waals surface area (Å²) in [7, 11) is 1.55. The highest BCUT2D eigenvalue weighted by atomic mass is 16.5. The largest absolute Gasteiger partial charge is 0.497 e. The van der Waals surface area contributed by atoms with Gasteiger partial charge in [-0.2, -0.15) is 0 Å². The van der Waals surface area contributed by atoms with Crippen LogP contribution in [0.3, 0.4) is 0 Å². The maximum Gasteiger partial charge on any atom is 0.314 e. The highest BCUT2D eigenvalue weighted by Gasteiger charge is 2.13. The fraction of sp³-hybridized carbons (Fsp3) is 0.0714. The maximum absolute atomic E-state index is 11.7. The van der Waals surface area contributed by atoms with Crippen LogP contribution in [-0.2, 0) is 9.59 Å². The third kappa shape index (κ3) is 3.55. The lowest BCUT2D eigenvalue weighted by Crippen LogP contribution is -2.29. The van der Waals surface area contributed by atoms with E-state index in [2.05, 4.69) is 15.6 Å². The van der Waals surface area contributed by atoms with Crippen molar-refractivity contribution < 1.29 is 14.3 Å². The Bertz CT molecular complexity index is 597. The van der Waals surface area contributed by atoms with E-state index in [0.29, 0.717) is 17.1 Å². The normalized spacial score (nSPS) is 9.65. The van der Waals surface area contributed by atoms with Crippen molar-refractivity contribution >= 4 is 23.2 Å². The molecule has 6 nitrogen and oxygen atoms in total. The van der Waals surface area contributed by atoms with E-state index in [-0.39, 0.29) is 0 Å². The number of ether oxygens (including phenoxy) is 1. The van der Waals surface area contributed by atoms with Gasteiger partial charge in [-0.3, -0.25) is 14.6 Å². The van der Waals surface area contributed by atoms with Crippen LogP contribution in [0.5, 0.6) is 5.75 Å². The molecule has 0 aliphatic rings. The number of anilines is 2. The molecule has 0 unspecified atom stereocenters. The molecule has 0 aliphatic carbocycles. The van der Waals surface area contributed by atoms with Gasteiger partial charge in [-0.25, -0.2) is 0 Å². The summed E-state index contributed by atoms with van der Waals surface area (Å²) in [5.74, 6) is -0.837. The molecule has 2 amide bonds. The van der Waals surface area contributed by atoms with E-state index in [1.165, 1.54) is 6.20 Å². The van der Waals surface area contributed by atoms with E-state index in [9.17, 15) is 9.59 Å². The minimum Gasteiger partial charge on any atom is -0.497 e. The van der Waals surface area contributed by atoms with Gasteiger partial charge in [0.2, 0.25) is 0 Å². The lowest BCUT2D eigenvalue weighted by atomic mass is 10.3. The number of amides is 2. The lowest BCUT2D eigenvalue weighted by molar-refractivity contribution is -0.133. The monoisotopic (exact) mass is 271 g/mol. The van der Waals surface area contributed by atoms with E-state index in [0.717, 1.165) is 0 Å². The third-order valence-corrected chi connectivity index (χ3v) is 2.47. The van der Waals surface area contributed by atoms with Gasteiger partial charge < -0.3 is 15.4 Å². The van der Waals surface area contributed by atoms with Gasteiger partial charge in [0.25, 0.3) is 0 Å². The minimum atomic E-state index is -0.756. The van der Waals surface area contributed by atoms with Gasteiger partial charge in [-0.1, -0.05) is 0 Å². The van der Waals surface area contributed by atoms with Gasteiger partial charge in [0.05, 0.1) is 19.0 Å². The highest BCUT2D eigenvalue weighted by Crippen LogP contribution is 2.15. The fourth-order valence-corrected chi connectivity index (χ4v) is 1.49. The van der Waals surface area contributed by atoms with Crippen molar-refractivity contribution in [1.29, 1.82) is 0 Å². The molecule has 0 fully saturated rings. The Hall–Kier alpha value is -2.89. The van der Waals surface area contributed by atoms with Crippen molar-refractivity contribution in [2.45, 2.75) is 0 Å². The van der Waals surface area contributed by atoms with Crippen LogP contribution >= 0.6 is 0 Å². The Morgan fingerprint density at radius 2 is 1.65 bits per heavy atom. The maximum atomic E-state index is 11.7. The molecule has 0 bridgehead atoms. The topological polar surface area (TPSA) is 80.3 Å². The number of hydrogen-bond donors (Lipinski definition) is 2. The summed E-state index contributed by atoms with van der Waals surface area (Å²) in [5, 5.41) is 4.93. The Morgan fingerprint density at radius 3 is 2.20 bits per heavy atom. The average Bonchev–Trinajstić information content (AvgIpc) is 2.49. The van der Waals surface area contributed by atoms with Crippen molar-refractivity contribution in [2.24, 2.45) is 0 Å². The molecule has 102 valence electrons. The fourth-order valence-electron chi connectivity index (χ4n) is 1.49. The summed E-state index contributed by atoms with van der Waals surface area (Å²) in [6.07, 6.45) is 3.03. The zero-order valence-electron chi connectivity index (χ0n) is 10.8. The van der Waals surface area contributed by atoms with Crippen LogP contribution in [0.4, 0.5) is 11.4 Å². The summed E-state index contributed by atoms with van der Waals surface area (Å²) in [6.45, 7) is 0. The molecule has 0 atom stereocenters. The minimum absolute atomic E-state index is 0.461. The zero-order valence-corrected chi connectivity index (χ0v) is 10.8. The molecule has 20 heavy (non-hydrogen) atoms. The van der Waals surface area contributed by atoms with E-state index in [1.807, 2.05) is 0 Å².